The minimum atomic E-state index is 0.00295. The highest BCUT2D eigenvalue weighted by molar-refractivity contribution is 9.10. The van der Waals surface area contributed by atoms with Gasteiger partial charge in [0.2, 0.25) is 0 Å². The molecule has 0 bridgehead atoms. The van der Waals surface area contributed by atoms with Crippen molar-refractivity contribution < 1.29 is 4.79 Å². The summed E-state index contributed by atoms with van der Waals surface area (Å²) in [6.07, 6.45) is 5.68. The maximum atomic E-state index is 12.3. The summed E-state index contributed by atoms with van der Waals surface area (Å²) in [5, 5.41) is 3.15. The van der Waals surface area contributed by atoms with Crippen LogP contribution in [0.4, 0.5) is 0 Å². The molecule has 0 atom stereocenters. The molecule has 23 heavy (non-hydrogen) atoms. The number of amides is 1. The second-order valence-electron chi connectivity index (χ2n) is 5.87. The Morgan fingerprint density at radius 3 is 2.70 bits per heavy atom. The first-order valence-corrected chi connectivity index (χ1v) is 8.68. The number of hydrogen-bond donors (Lipinski definition) is 1. The van der Waals surface area contributed by atoms with Crippen LogP contribution in [0.2, 0.25) is 0 Å². The van der Waals surface area contributed by atoms with Gasteiger partial charge in [-0.3, -0.25) is 14.7 Å². The first-order valence-electron chi connectivity index (χ1n) is 7.89. The number of piperidine rings is 1. The number of aromatic nitrogens is 1. The molecule has 1 N–H and O–H groups in total. The van der Waals surface area contributed by atoms with Gasteiger partial charge in [-0.15, -0.1) is 0 Å². The Hall–Kier alpha value is -1.72. The standard InChI is InChI=1S/C18H20BrN3O/c19-17-6-2-1-5-16(17)18(23)21-15-7-10-22(11-8-15)13-14-4-3-9-20-12-14/h1-6,9,12,15H,7-8,10-11,13H2,(H,21,23). The number of nitrogens with zero attached hydrogens (tertiary/aromatic N) is 2. The van der Waals surface area contributed by atoms with Gasteiger partial charge in [-0.25, -0.2) is 0 Å². The first kappa shape index (κ1) is 16.1. The van der Waals surface area contributed by atoms with Crippen molar-refractivity contribution in [3.8, 4) is 0 Å². The molecule has 1 saturated heterocycles. The van der Waals surface area contributed by atoms with Crippen LogP contribution in [0.1, 0.15) is 28.8 Å². The highest BCUT2D eigenvalue weighted by Crippen LogP contribution is 2.18. The van der Waals surface area contributed by atoms with E-state index in [0.717, 1.165) is 36.9 Å². The fourth-order valence-corrected chi connectivity index (χ4v) is 3.36. The maximum absolute atomic E-state index is 12.3. The molecule has 120 valence electrons. The molecule has 1 aromatic heterocycles. The molecule has 3 rings (SSSR count). The lowest BCUT2D eigenvalue weighted by Gasteiger charge is -2.32. The molecular formula is C18H20BrN3O. The molecule has 0 radical (unpaired) electrons. The van der Waals surface area contributed by atoms with Crippen molar-refractivity contribution >= 4 is 21.8 Å². The van der Waals surface area contributed by atoms with Crippen LogP contribution < -0.4 is 5.32 Å². The summed E-state index contributed by atoms with van der Waals surface area (Å²) in [7, 11) is 0. The predicted octanol–water partition coefficient (Wildman–Crippen LogP) is 3.24. The Labute approximate surface area is 145 Å². The molecule has 2 aromatic rings. The molecule has 1 fully saturated rings. The van der Waals surface area contributed by atoms with E-state index in [1.807, 2.05) is 36.5 Å². The van der Waals surface area contributed by atoms with Crippen molar-refractivity contribution in [2.75, 3.05) is 13.1 Å². The number of carbonyl (C=O) groups is 1. The van der Waals surface area contributed by atoms with Gasteiger partial charge in [0.25, 0.3) is 5.91 Å². The molecule has 5 heteroatoms. The van der Waals surface area contributed by atoms with Gasteiger partial charge >= 0.3 is 0 Å². The molecule has 1 aromatic carbocycles. The lowest BCUT2D eigenvalue weighted by atomic mass is 10.0. The van der Waals surface area contributed by atoms with Crippen molar-refractivity contribution in [3.05, 3.63) is 64.4 Å². The van der Waals surface area contributed by atoms with Crippen LogP contribution in [0.5, 0.6) is 0 Å². The summed E-state index contributed by atoms with van der Waals surface area (Å²) in [5.74, 6) is 0.00295. The van der Waals surface area contributed by atoms with Crippen LogP contribution in [-0.2, 0) is 6.54 Å². The first-order chi connectivity index (χ1) is 11.2. The van der Waals surface area contributed by atoms with Crippen molar-refractivity contribution in [2.24, 2.45) is 0 Å². The van der Waals surface area contributed by atoms with Gasteiger partial charge in [0.1, 0.15) is 0 Å². The van der Waals surface area contributed by atoms with Gasteiger partial charge in [0, 0.05) is 42.5 Å². The third-order valence-electron chi connectivity index (χ3n) is 4.17. The number of likely N-dealkylation sites (tertiary alicyclic amines) is 1. The van der Waals surface area contributed by atoms with E-state index >= 15 is 0 Å². The Bertz CT molecular complexity index is 654. The average Bonchev–Trinajstić information content (AvgIpc) is 2.58. The summed E-state index contributed by atoms with van der Waals surface area (Å²) in [4.78, 5) is 18.9. The number of hydrogen-bond acceptors (Lipinski definition) is 3. The molecule has 0 saturated carbocycles. The SMILES string of the molecule is O=C(NC1CCN(Cc2cccnc2)CC1)c1ccccc1Br. The Morgan fingerprint density at radius 1 is 1.22 bits per heavy atom. The number of pyridine rings is 1. The third-order valence-corrected chi connectivity index (χ3v) is 4.86. The molecule has 2 heterocycles. The number of nitrogens with one attached hydrogen (secondary N) is 1. The van der Waals surface area contributed by atoms with Crippen LogP contribution in [0.15, 0.2) is 53.3 Å². The molecular weight excluding hydrogens is 354 g/mol. The Kier molecular flexibility index (Phi) is 5.41. The van der Waals surface area contributed by atoms with E-state index in [1.54, 1.807) is 6.20 Å². The van der Waals surface area contributed by atoms with Gasteiger partial charge in [0.05, 0.1) is 5.56 Å². The second-order valence-corrected chi connectivity index (χ2v) is 6.72. The highest BCUT2D eigenvalue weighted by atomic mass is 79.9. The van der Waals surface area contributed by atoms with E-state index in [-0.39, 0.29) is 11.9 Å². The maximum Gasteiger partial charge on any atom is 0.252 e. The van der Waals surface area contributed by atoms with E-state index in [0.29, 0.717) is 5.56 Å². The quantitative estimate of drug-likeness (QED) is 0.894. The van der Waals surface area contributed by atoms with Crippen LogP contribution in [0.3, 0.4) is 0 Å². The number of benzene rings is 1. The van der Waals surface area contributed by atoms with Crippen molar-refractivity contribution in [1.82, 2.24) is 15.2 Å². The summed E-state index contributed by atoms with van der Waals surface area (Å²) in [6, 6.07) is 11.9. The summed E-state index contributed by atoms with van der Waals surface area (Å²) < 4.78 is 0.839. The Balaban J connectivity index is 1.49. The van der Waals surface area contributed by atoms with E-state index in [4.69, 9.17) is 0 Å². The number of rotatable bonds is 4. The molecule has 1 aliphatic rings. The normalized spacial score (nSPS) is 16.2. The topological polar surface area (TPSA) is 45.2 Å². The van der Waals surface area contributed by atoms with E-state index in [1.165, 1.54) is 5.56 Å². The molecule has 0 unspecified atom stereocenters. The summed E-state index contributed by atoms with van der Waals surface area (Å²) >= 11 is 3.43. The molecule has 4 nitrogen and oxygen atoms in total. The predicted molar refractivity (Wildman–Crippen MR) is 94.1 cm³/mol. The third kappa shape index (κ3) is 4.39. The largest absolute Gasteiger partial charge is 0.349 e. The van der Waals surface area contributed by atoms with Crippen molar-refractivity contribution in [3.63, 3.8) is 0 Å². The zero-order valence-corrected chi connectivity index (χ0v) is 14.5. The Morgan fingerprint density at radius 2 is 2.00 bits per heavy atom. The zero-order valence-electron chi connectivity index (χ0n) is 12.9. The molecule has 1 amide bonds. The molecule has 1 aliphatic heterocycles. The molecule has 0 aliphatic carbocycles. The summed E-state index contributed by atoms with van der Waals surface area (Å²) in [5.41, 5.74) is 1.94. The summed E-state index contributed by atoms with van der Waals surface area (Å²) in [6.45, 7) is 2.92. The fraction of sp³-hybridized carbons (Fsp3) is 0.333. The second kappa shape index (κ2) is 7.70. The molecule has 0 spiro atoms. The number of halogens is 1. The van der Waals surface area contributed by atoms with E-state index in [9.17, 15) is 4.79 Å². The van der Waals surface area contributed by atoms with Crippen LogP contribution >= 0.6 is 15.9 Å². The van der Waals surface area contributed by atoms with Gasteiger partial charge in [-0.2, -0.15) is 0 Å². The lowest BCUT2D eigenvalue weighted by Crippen LogP contribution is -2.44. The van der Waals surface area contributed by atoms with Crippen LogP contribution in [0.25, 0.3) is 0 Å². The fourth-order valence-electron chi connectivity index (χ4n) is 2.89. The minimum absolute atomic E-state index is 0.00295. The van der Waals surface area contributed by atoms with Crippen molar-refractivity contribution in [1.29, 1.82) is 0 Å². The monoisotopic (exact) mass is 373 g/mol. The van der Waals surface area contributed by atoms with Gasteiger partial charge in [0.15, 0.2) is 0 Å². The van der Waals surface area contributed by atoms with E-state index < -0.39 is 0 Å². The zero-order chi connectivity index (χ0) is 16.1. The highest BCUT2D eigenvalue weighted by Gasteiger charge is 2.21. The van der Waals surface area contributed by atoms with Crippen LogP contribution in [0, 0.1) is 0 Å². The lowest BCUT2D eigenvalue weighted by molar-refractivity contribution is 0.0908. The minimum Gasteiger partial charge on any atom is -0.349 e. The van der Waals surface area contributed by atoms with Crippen molar-refractivity contribution in [2.45, 2.75) is 25.4 Å². The van der Waals surface area contributed by atoms with E-state index in [2.05, 4.69) is 37.2 Å². The van der Waals surface area contributed by atoms with Gasteiger partial charge < -0.3 is 5.32 Å². The van der Waals surface area contributed by atoms with Gasteiger partial charge in [-0.05, 0) is 52.5 Å². The average molecular weight is 374 g/mol. The smallest absolute Gasteiger partial charge is 0.252 e. The van der Waals surface area contributed by atoms with Crippen LogP contribution in [-0.4, -0.2) is 34.9 Å². The number of carbonyl (C=O) groups excluding carboxylic acids is 1. The van der Waals surface area contributed by atoms with Gasteiger partial charge in [-0.1, -0.05) is 18.2 Å².